The van der Waals surface area contributed by atoms with Crippen molar-refractivity contribution in [2.24, 2.45) is 0 Å². The molecule has 1 unspecified atom stereocenters. The Balaban J connectivity index is 2.22. The van der Waals surface area contributed by atoms with E-state index >= 15 is 0 Å². The summed E-state index contributed by atoms with van der Waals surface area (Å²) >= 11 is 0. The van der Waals surface area contributed by atoms with Gasteiger partial charge in [-0.15, -0.1) is 0 Å². The maximum Gasteiger partial charge on any atom is 0.0379 e. The summed E-state index contributed by atoms with van der Waals surface area (Å²) in [4.78, 5) is 8.55. The van der Waals surface area contributed by atoms with Gasteiger partial charge in [-0.1, -0.05) is 6.92 Å². The van der Waals surface area contributed by atoms with Gasteiger partial charge in [0.2, 0.25) is 0 Å². The van der Waals surface area contributed by atoms with Crippen LogP contribution < -0.4 is 5.32 Å². The number of aromatic nitrogens is 2. The highest BCUT2D eigenvalue weighted by atomic mass is 14.9. The third-order valence-corrected chi connectivity index (χ3v) is 3.34. The van der Waals surface area contributed by atoms with E-state index in [-0.39, 0.29) is 0 Å². The van der Waals surface area contributed by atoms with E-state index in [0.717, 1.165) is 30.8 Å². The van der Waals surface area contributed by atoms with Crippen LogP contribution >= 0.6 is 0 Å². The molecule has 0 bridgehead atoms. The molecule has 3 nitrogen and oxygen atoms in total. The number of hydrogen-bond donors (Lipinski definition) is 1. The third kappa shape index (κ3) is 4.14. The van der Waals surface area contributed by atoms with Gasteiger partial charge in [0, 0.05) is 29.8 Å². The van der Waals surface area contributed by atoms with Gasteiger partial charge >= 0.3 is 0 Å². The Labute approximate surface area is 121 Å². The van der Waals surface area contributed by atoms with Crippen molar-refractivity contribution in [3.05, 3.63) is 59.2 Å². The minimum atomic E-state index is 0.331. The monoisotopic (exact) mass is 269 g/mol. The fourth-order valence-corrected chi connectivity index (χ4v) is 2.45. The second-order valence-electron chi connectivity index (χ2n) is 5.25. The Hall–Kier alpha value is -1.74. The van der Waals surface area contributed by atoms with E-state index in [1.165, 1.54) is 11.1 Å². The number of hydrogen-bond acceptors (Lipinski definition) is 3. The number of nitrogens with zero attached hydrogens (tertiary/aromatic N) is 2. The van der Waals surface area contributed by atoms with Gasteiger partial charge in [-0.2, -0.15) is 0 Å². The van der Waals surface area contributed by atoms with Crippen molar-refractivity contribution >= 4 is 0 Å². The molecule has 1 N–H and O–H groups in total. The van der Waals surface area contributed by atoms with Crippen LogP contribution in [0.4, 0.5) is 0 Å². The van der Waals surface area contributed by atoms with Crippen molar-refractivity contribution in [1.82, 2.24) is 15.3 Å². The molecule has 0 saturated heterocycles. The van der Waals surface area contributed by atoms with Gasteiger partial charge < -0.3 is 5.32 Å². The van der Waals surface area contributed by atoms with Gasteiger partial charge in [0.15, 0.2) is 0 Å². The lowest BCUT2D eigenvalue weighted by atomic mass is 9.99. The van der Waals surface area contributed by atoms with Crippen molar-refractivity contribution in [1.29, 1.82) is 0 Å². The van der Waals surface area contributed by atoms with Crippen LogP contribution in [0, 0.1) is 13.8 Å². The molecule has 0 amide bonds. The lowest BCUT2D eigenvalue weighted by Crippen LogP contribution is -2.24. The second-order valence-corrected chi connectivity index (χ2v) is 5.25. The predicted molar refractivity (Wildman–Crippen MR) is 82.7 cm³/mol. The van der Waals surface area contributed by atoms with Gasteiger partial charge in [0.1, 0.15) is 0 Å². The minimum absolute atomic E-state index is 0.331. The summed E-state index contributed by atoms with van der Waals surface area (Å²) in [5.41, 5.74) is 4.79. The zero-order valence-electron chi connectivity index (χ0n) is 12.6. The number of rotatable bonds is 6. The van der Waals surface area contributed by atoms with Crippen LogP contribution in [0.2, 0.25) is 0 Å². The van der Waals surface area contributed by atoms with Crippen LogP contribution in [0.1, 0.15) is 41.9 Å². The SMILES string of the molecule is CCCNC(Cc1ccncc1)c1cc(C)nc(C)c1. The average Bonchev–Trinajstić information content (AvgIpc) is 2.43. The average molecular weight is 269 g/mol. The molecule has 0 radical (unpaired) electrons. The first-order valence-electron chi connectivity index (χ1n) is 7.26. The van der Waals surface area contributed by atoms with Crippen molar-refractivity contribution in [3.8, 4) is 0 Å². The highest BCUT2D eigenvalue weighted by Crippen LogP contribution is 2.19. The molecule has 0 spiro atoms. The number of nitrogens with one attached hydrogen (secondary N) is 1. The first kappa shape index (κ1) is 14.7. The summed E-state index contributed by atoms with van der Waals surface area (Å²) in [7, 11) is 0. The molecule has 20 heavy (non-hydrogen) atoms. The minimum Gasteiger partial charge on any atom is -0.310 e. The second kappa shape index (κ2) is 7.15. The molecule has 2 aromatic heterocycles. The van der Waals surface area contributed by atoms with E-state index in [1.54, 1.807) is 0 Å². The van der Waals surface area contributed by atoms with Crippen LogP contribution in [0.25, 0.3) is 0 Å². The molecule has 2 heterocycles. The fraction of sp³-hybridized carbons (Fsp3) is 0.412. The summed E-state index contributed by atoms with van der Waals surface area (Å²) in [6, 6.07) is 8.87. The number of aryl methyl sites for hydroxylation is 2. The van der Waals surface area contributed by atoms with Crippen LogP contribution in [-0.2, 0) is 6.42 Å². The van der Waals surface area contributed by atoms with E-state index in [1.807, 2.05) is 12.4 Å². The Morgan fingerprint density at radius 3 is 2.35 bits per heavy atom. The summed E-state index contributed by atoms with van der Waals surface area (Å²) in [5.74, 6) is 0. The molecule has 0 aromatic carbocycles. The largest absolute Gasteiger partial charge is 0.310 e. The molecule has 2 aromatic rings. The van der Waals surface area contributed by atoms with E-state index < -0.39 is 0 Å². The standard InChI is InChI=1S/C17H23N3/c1-4-7-19-17(12-15-5-8-18-9-6-15)16-10-13(2)20-14(3)11-16/h5-6,8-11,17,19H,4,7,12H2,1-3H3. The quantitative estimate of drug-likeness (QED) is 0.873. The first-order valence-corrected chi connectivity index (χ1v) is 7.26. The third-order valence-electron chi connectivity index (χ3n) is 3.34. The van der Waals surface area contributed by atoms with Crippen LogP contribution in [0.3, 0.4) is 0 Å². The molecule has 3 heteroatoms. The smallest absolute Gasteiger partial charge is 0.0379 e. The molecular weight excluding hydrogens is 246 g/mol. The molecule has 0 fully saturated rings. The topological polar surface area (TPSA) is 37.8 Å². The molecule has 0 aliphatic heterocycles. The van der Waals surface area contributed by atoms with Gasteiger partial charge in [-0.3, -0.25) is 9.97 Å². The molecule has 106 valence electrons. The van der Waals surface area contributed by atoms with Gasteiger partial charge in [0.25, 0.3) is 0 Å². The Morgan fingerprint density at radius 1 is 1.10 bits per heavy atom. The zero-order valence-corrected chi connectivity index (χ0v) is 12.6. The zero-order chi connectivity index (χ0) is 14.4. The Kier molecular flexibility index (Phi) is 5.24. The summed E-state index contributed by atoms with van der Waals surface area (Å²) in [6.45, 7) is 7.33. The molecule has 2 rings (SSSR count). The molecule has 1 atom stereocenters. The molecule has 0 saturated carbocycles. The van der Waals surface area contributed by atoms with Crippen LogP contribution in [0.15, 0.2) is 36.7 Å². The van der Waals surface area contributed by atoms with Crippen molar-refractivity contribution in [2.45, 2.75) is 39.7 Å². The van der Waals surface area contributed by atoms with E-state index in [0.29, 0.717) is 6.04 Å². The maximum atomic E-state index is 4.47. The van der Waals surface area contributed by atoms with Crippen LogP contribution in [0.5, 0.6) is 0 Å². The van der Waals surface area contributed by atoms with Crippen LogP contribution in [-0.4, -0.2) is 16.5 Å². The number of pyridine rings is 2. The summed E-state index contributed by atoms with van der Waals surface area (Å²) in [6.07, 6.45) is 5.83. The highest BCUT2D eigenvalue weighted by molar-refractivity contribution is 5.26. The normalized spacial score (nSPS) is 12.3. The highest BCUT2D eigenvalue weighted by Gasteiger charge is 2.12. The van der Waals surface area contributed by atoms with Gasteiger partial charge in [0.05, 0.1) is 0 Å². The maximum absolute atomic E-state index is 4.47. The molecule has 0 aliphatic rings. The molecular formula is C17H23N3. The summed E-state index contributed by atoms with van der Waals surface area (Å²) in [5, 5.41) is 3.64. The van der Waals surface area contributed by atoms with E-state index in [4.69, 9.17) is 0 Å². The predicted octanol–water partition coefficient (Wildman–Crippen LogP) is 3.38. The van der Waals surface area contributed by atoms with Crippen molar-refractivity contribution < 1.29 is 0 Å². The Morgan fingerprint density at radius 2 is 1.75 bits per heavy atom. The van der Waals surface area contributed by atoms with E-state index in [9.17, 15) is 0 Å². The van der Waals surface area contributed by atoms with Crippen molar-refractivity contribution in [2.75, 3.05) is 6.54 Å². The molecule has 0 aliphatic carbocycles. The first-order chi connectivity index (χ1) is 9.69. The fourth-order valence-electron chi connectivity index (χ4n) is 2.45. The lowest BCUT2D eigenvalue weighted by molar-refractivity contribution is 0.528. The Bertz CT molecular complexity index is 517. The lowest BCUT2D eigenvalue weighted by Gasteiger charge is -2.20. The summed E-state index contributed by atoms with van der Waals surface area (Å²) < 4.78 is 0. The van der Waals surface area contributed by atoms with Gasteiger partial charge in [-0.25, -0.2) is 0 Å². The van der Waals surface area contributed by atoms with Crippen molar-refractivity contribution in [3.63, 3.8) is 0 Å². The van der Waals surface area contributed by atoms with Gasteiger partial charge in [-0.05, 0) is 68.6 Å². The van der Waals surface area contributed by atoms with E-state index in [2.05, 4.69) is 60.3 Å².